The van der Waals surface area contributed by atoms with Gasteiger partial charge in [0.15, 0.2) is 25.2 Å². The maximum Gasteiger partial charge on any atom is 0.237 e. The molecule has 4 aromatic heterocycles. The highest BCUT2D eigenvalue weighted by molar-refractivity contribution is 8.76. The Morgan fingerprint density at radius 1 is 0.471 bits per heavy atom. The second-order valence-corrected chi connectivity index (χ2v) is 31.1. The molecule has 8 heterocycles. The standard InChI is InChI=1S/C69H117N19O29S2/c1-39(93)71-53-61(101)57(97)49(35-89)114-66(53)110-23-19-106-15-9-46-47(79-80-78-46)34-85(30-45-33-88(83-77-45)14-18-109-22-26-113-69-56(74-42(4)96)64(104)60(100)52(38-92)117-69)48(65(105)70-10-27-119-118-5)8-6-7-11-84(28-43-31-86(81-75-43)12-16-107-20-24-111-67-54(72-40(2)94)62(102)58(98)50(36-90)115-67)29-44-32-87(82-76-44)13-17-108-21-25-112-68-55(73-41(3)95)63(103)59(99)51(37-91)116-68/h31-33,48-64,66-69,89-92,97-104H,6-30,34-38H2,1-5H3,(H,70,105)(H,71,93)(H,72,94)(H,73,95)(H,74,96)(H,78,79,80)/t48-,49?,50?,51?,52?,53?,54?,55?,56?,57?,58?,59?,60?,61?,62?,63?,64?,66?,67?,68?,69?/m1/s1. The van der Waals surface area contributed by atoms with Crippen LogP contribution in [0.15, 0.2) is 18.6 Å². The van der Waals surface area contributed by atoms with E-state index >= 15 is 0 Å². The van der Waals surface area contributed by atoms with Gasteiger partial charge in [-0.15, -0.1) is 15.3 Å². The Balaban J connectivity index is 0.946. The molecule has 20 unspecified atom stereocenters. The summed E-state index contributed by atoms with van der Waals surface area (Å²) in [6.07, 6.45) is -12.7. The van der Waals surface area contributed by atoms with E-state index in [2.05, 4.69) is 77.8 Å². The van der Waals surface area contributed by atoms with E-state index in [1.54, 1.807) is 54.2 Å². The number of rotatable bonds is 55. The lowest BCUT2D eigenvalue weighted by atomic mass is 9.97. The summed E-state index contributed by atoms with van der Waals surface area (Å²) in [4.78, 5) is 66.8. The monoisotopic (exact) mass is 1740 g/mol. The van der Waals surface area contributed by atoms with Crippen molar-refractivity contribution in [1.29, 1.82) is 0 Å². The van der Waals surface area contributed by atoms with Gasteiger partial charge in [0.1, 0.15) is 97.4 Å². The number of carbonyl (C=O) groups is 5. The van der Waals surface area contributed by atoms with Gasteiger partial charge in [-0.05, 0) is 25.6 Å². The minimum absolute atomic E-state index is 0.00951. The summed E-state index contributed by atoms with van der Waals surface area (Å²) in [5.74, 6) is -1.68. The number of carbonyl (C=O) groups excluding carboxylic acids is 5. The van der Waals surface area contributed by atoms with Crippen LogP contribution in [0.2, 0.25) is 0 Å². The van der Waals surface area contributed by atoms with Gasteiger partial charge in [-0.2, -0.15) is 15.4 Å². The minimum atomic E-state index is -1.51. The van der Waals surface area contributed by atoms with E-state index in [0.29, 0.717) is 66.6 Å². The number of hydrogen-bond donors (Lipinski definition) is 18. The molecule has 0 saturated carbocycles. The lowest BCUT2D eigenvalue weighted by molar-refractivity contribution is -0.272. The second kappa shape index (κ2) is 51.6. The minimum Gasteiger partial charge on any atom is -0.394 e. The van der Waals surface area contributed by atoms with Gasteiger partial charge in [-0.3, -0.25) is 33.8 Å². The first-order valence-corrected chi connectivity index (χ1v) is 41.9. The summed E-state index contributed by atoms with van der Waals surface area (Å²) < 4.78 is 74.1. The molecule has 0 radical (unpaired) electrons. The van der Waals surface area contributed by atoms with E-state index in [1.165, 1.54) is 27.7 Å². The van der Waals surface area contributed by atoms with Gasteiger partial charge >= 0.3 is 0 Å². The molecular weight excluding hydrogens is 1620 g/mol. The first-order valence-electron chi connectivity index (χ1n) is 39.1. The van der Waals surface area contributed by atoms with Gasteiger partial charge in [0.2, 0.25) is 29.5 Å². The molecule has 48 nitrogen and oxygen atoms in total. The fraction of sp³-hybridized carbons (Fsp3) is 0.812. The third kappa shape index (κ3) is 31.1. The molecule has 4 saturated heterocycles. The van der Waals surface area contributed by atoms with Gasteiger partial charge in [0.25, 0.3) is 0 Å². The summed E-state index contributed by atoms with van der Waals surface area (Å²) in [6.45, 7) is 5.18. The van der Waals surface area contributed by atoms with Crippen molar-refractivity contribution >= 4 is 51.1 Å². The molecule has 674 valence electrons. The molecule has 8 rings (SSSR count). The highest BCUT2D eigenvalue weighted by Gasteiger charge is 2.49. The molecule has 0 spiro atoms. The zero-order valence-corrected chi connectivity index (χ0v) is 68.6. The van der Waals surface area contributed by atoms with Crippen LogP contribution in [0.5, 0.6) is 0 Å². The Kier molecular flexibility index (Phi) is 42.5. The highest BCUT2D eigenvalue weighted by Crippen LogP contribution is 2.28. The van der Waals surface area contributed by atoms with Crippen LogP contribution in [0.1, 0.15) is 75.4 Å². The summed E-state index contributed by atoms with van der Waals surface area (Å²) in [5, 5.41) is 175. The van der Waals surface area contributed by atoms with E-state index in [-0.39, 0.29) is 137 Å². The molecule has 21 atom stereocenters. The Bertz CT molecular complexity index is 3500. The van der Waals surface area contributed by atoms with Crippen LogP contribution in [0.3, 0.4) is 0 Å². The van der Waals surface area contributed by atoms with Crippen LogP contribution in [0.25, 0.3) is 0 Å². The van der Waals surface area contributed by atoms with Crippen molar-refractivity contribution in [3.8, 4) is 0 Å². The van der Waals surface area contributed by atoms with E-state index in [9.17, 15) is 85.3 Å². The molecule has 119 heavy (non-hydrogen) atoms. The number of aromatic nitrogens is 12. The molecule has 0 aromatic carbocycles. The summed E-state index contributed by atoms with van der Waals surface area (Å²) in [6, 6.07) is -5.36. The third-order valence-corrected chi connectivity index (χ3v) is 21.2. The molecule has 50 heteroatoms. The van der Waals surface area contributed by atoms with Crippen molar-refractivity contribution in [3.63, 3.8) is 0 Å². The number of H-pyrrole nitrogens is 1. The maximum atomic E-state index is 14.9. The fourth-order valence-corrected chi connectivity index (χ4v) is 14.6. The van der Waals surface area contributed by atoms with E-state index in [0.717, 1.165) is 0 Å². The molecule has 0 bridgehead atoms. The number of amides is 5. The van der Waals surface area contributed by atoms with Crippen molar-refractivity contribution in [2.75, 3.05) is 131 Å². The zero-order chi connectivity index (χ0) is 85.9. The van der Waals surface area contributed by atoms with Crippen LogP contribution < -0.4 is 26.6 Å². The molecule has 0 aliphatic carbocycles. The zero-order valence-electron chi connectivity index (χ0n) is 67.0. The number of aliphatic hydroxyl groups excluding tert-OH is 12. The van der Waals surface area contributed by atoms with Crippen LogP contribution >= 0.6 is 21.6 Å². The van der Waals surface area contributed by atoms with Gasteiger partial charge < -0.3 is 145 Å². The van der Waals surface area contributed by atoms with Gasteiger partial charge in [0, 0.05) is 91.2 Å². The second-order valence-electron chi connectivity index (χ2n) is 28.5. The maximum absolute atomic E-state index is 14.9. The first-order chi connectivity index (χ1) is 57.3. The largest absolute Gasteiger partial charge is 0.394 e. The molecule has 4 fully saturated rings. The molecule has 18 N–H and O–H groups in total. The number of ether oxygens (including phenoxy) is 12. The van der Waals surface area contributed by atoms with Crippen molar-refractivity contribution in [2.24, 2.45) is 0 Å². The average Bonchev–Trinajstić information content (AvgIpc) is 1.65. The molecule has 5 amide bonds. The Labute approximate surface area is 692 Å². The van der Waals surface area contributed by atoms with Crippen LogP contribution in [0.4, 0.5) is 0 Å². The highest BCUT2D eigenvalue weighted by atomic mass is 33.1. The first kappa shape index (κ1) is 98.0. The molecule has 4 aliphatic heterocycles. The quantitative estimate of drug-likeness (QED) is 0.0144. The number of aromatic amines is 1. The Hall–Kier alpha value is -6.43. The summed E-state index contributed by atoms with van der Waals surface area (Å²) >= 11 is 0. The predicted molar refractivity (Wildman–Crippen MR) is 409 cm³/mol. The van der Waals surface area contributed by atoms with Crippen LogP contribution in [0, 0.1) is 0 Å². The van der Waals surface area contributed by atoms with Crippen molar-refractivity contribution in [2.45, 2.75) is 228 Å². The van der Waals surface area contributed by atoms with Gasteiger partial charge in [-0.25, -0.2) is 14.0 Å². The third-order valence-electron chi connectivity index (χ3n) is 19.4. The Morgan fingerprint density at radius 2 is 0.824 bits per heavy atom. The van der Waals surface area contributed by atoms with Crippen molar-refractivity contribution < 1.29 is 142 Å². The Morgan fingerprint density at radius 3 is 1.18 bits per heavy atom. The fourth-order valence-electron chi connectivity index (χ4n) is 13.5. The smallest absolute Gasteiger partial charge is 0.237 e. The summed E-state index contributed by atoms with van der Waals surface area (Å²) in [5.41, 5.74) is 2.66. The normalized spacial score (nSPS) is 27.5. The van der Waals surface area contributed by atoms with Gasteiger partial charge in [-0.1, -0.05) is 43.6 Å². The summed E-state index contributed by atoms with van der Waals surface area (Å²) in [7, 11) is 3.14. The van der Waals surface area contributed by atoms with Crippen LogP contribution in [-0.4, -0.2) is 420 Å². The van der Waals surface area contributed by atoms with E-state index in [1.807, 2.05) is 11.2 Å². The van der Waals surface area contributed by atoms with E-state index < -0.39 is 179 Å². The number of nitrogens with zero attached hydrogens (tertiary/aromatic N) is 13. The lowest BCUT2D eigenvalue weighted by Gasteiger charge is -2.42. The average molecular weight is 1740 g/mol. The lowest BCUT2D eigenvalue weighted by Crippen LogP contribution is -2.64. The molecule has 4 aliphatic rings. The van der Waals surface area contributed by atoms with Gasteiger partial charge in [0.05, 0.1) is 160 Å². The van der Waals surface area contributed by atoms with Crippen molar-refractivity contribution in [1.82, 2.24) is 96.8 Å². The molecular formula is C69H117N19O29S2. The number of aliphatic hydroxyl groups is 12. The van der Waals surface area contributed by atoms with E-state index in [4.69, 9.17) is 56.8 Å². The SMILES string of the molecule is CSSCCNC(=O)[C@@H](CCCCN(Cc1cn(CCOCCOC2OC(CO)C(O)C(O)C2NC(C)=O)nn1)Cc1cn(CCOCCOC2OC(CO)C(O)C(O)C2NC(C)=O)nn1)N(Cc1cn(CCOCCOC2OC(CO)C(O)C(O)C2NC(C)=O)nn1)Cc1n[nH]nc1CCOCCOC1OC(CO)C(O)C(O)C1NC(C)=O. The van der Waals surface area contributed by atoms with Crippen LogP contribution in [-0.2, 0) is 133 Å². The number of nitrogens with one attached hydrogen (secondary N) is 6. The topological polar surface area (TPSA) is 639 Å². The molecule has 4 aromatic rings. The number of unbranched alkanes of at least 4 members (excludes halogenated alkanes) is 1. The predicted octanol–water partition coefficient (Wildman–Crippen LogP) is -9.60. The number of hydrogen-bond acceptors (Lipinski definition) is 41. The van der Waals surface area contributed by atoms with Crippen molar-refractivity contribution in [3.05, 3.63) is 47.1 Å².